The Labute approximate surface area is 109 Å². The smallest absolute Gasteiger partial charge is 0.337 e. The first-order valence-electron chi connectivity index (χ1n) is 5.78. The van der Waals surface area contributed by atoms with Crippen molar-refractivity contribution in [2.75, 3.05) is 13.7 Å². The van der Waals surface area contributed by atoms with Gasteiger partial charge in [0.2, 0.25) is 0 Å². The molecule has 0 spiro atoms. The van der Waals surface area contributed by atoms with Gasteiger partial charge in [-0.2, -0.15) is 0 Å². The maximum absolute atomic E-state index is 11.7. The number of fused-ring (bicyclic) bond motifs is 1. The Morgan fingerprint density at radius 3 is 2.84 bits per heavy atom. The molecule has 0 saturated carbocycles. The third kappa shape index (κ3) is 2.59. The highest BCUT2D eigenvalue weighted by Crippen LogP contribution is 2.29. The highest BCUT2D eigenvalue weighted by Gasteiger charge is 2.28. The van der Waals surface area contributed by atoms with Crippen LogP contribution in [0.3, 0.4) is 0 Å². The minimum absolute atomic E-state index is 0.0946. The van der Waals surface area contributed by atoms with Gasteiger partial charge in [-0.15, -0.1) is 0 Å². The zero-order chi connectivity index (χ0) is 14.0. The van der Waals surface area contributed by atoms with Gasteiger partial charge in [0.1, 0.15) is 11.9 Å². The van der Waals surface area contributed by atoms with E-state index in [0.717, 1.165) is 7.11 Å². The van der Waals surface area contributed by atoms with E-state index in [9.17, 15) is 19.8 Å². The van der Waals surface area contributed by atoms with Crippen LogP contribution < -0.4 is 4.74 Å². The van der Waals surface area contributed by atoms with Crippen molar-refractivity contribution in [2.24, 2.45) is 0 Å². The van der Waals surface area contributed by atoms with Crippen LogP contribution in [-0.4, -0.2) is 41.8 Å². The third-order valence-corrected chi connectivity index (χ3v) is 2.97. The largest absolute Gasteiger partial charge is 0.492 e. The van der Waals surface area contributed by atoms with Crippen molar-refractivity contribution in [1.82, 2.24) is 0 Å². The minimum Gasteiger partial charge on any atom is -0.492 e. The van der Waals surface area contributed by atoms with Gasteiger partial charge in [0.05, 0.1) is 19.3 Å². The summed E-state index contributed by atoms with van der Waals surface area (Å²) in [4.78, 5) is 22.9. The standard InChI is InChI=1S/C13H14O6/c1-18-13(17)12(16)11(15)7-2-3-10-8(6-7)9(14)4-5-19-10/h2-3,6,11-12,15-16H,4-5H2,1H3. The van der Waals surface area contributed by atoms with Gasteiger partial charge in [-0.25, -0.2) is 4.79 Å². The predicted octanol–water partition coefficient (Wildman–Crippen LogP) is 0.219. The second kappa shape index (κ2) is 5.38. The Morgan fingerprint density at radius 1 is 1.42 bits per heavy atom. The molecule has 2 N–H and O–H groups in total. The van der Waals surface area contributed by atoms with Crippen LogP contribution in [0.25, 0.3) is 0 Å². The number of aliphatic hydroxyl groups is 2. The fraction of sp³-hybridized carbons (Fsp3) is 0.385. The Balaban J connectivity index is 2.29. The van der Waals surface area contributed by atoms with Gasteiger partial charge in [-0.1, -0.05) is 6.07 Å². The van der Waals surface area contributed by atoms with Crippen LogP contribution >= 0.6 is 0 Å². The number of methoxy groups -OCH3 is 1. The number of carbonyl (C=O) groups is 2. The zero-order valence-corrected chi connectivity index (χ0v) is 10.3. The number of hydrogen-bond donors (Lipinski definition) is 2. The van der Waals surface area contributed by atoms with Crippen molar-refractivity contribution >= 4 is 11.8 Å². The molecule has 2 atom stereocenters. The minimum atomic E-state index is -1.69. The van der Waals surface area contributed by atoms with Crippen molar-refractivity contribution in [1.29, 1.82) is 0 Å². The number of esters is 1. The van der Waals surface area contributed by atoms with E-state index in [2.05, 4.69) is 4.74 Å². The molecule has 2 unspecified atom stereocenters. The molecule has 6 nitrogen and oxygen atoms in total. The number of carbonyl (C=O) groups excluding carboxylic acids is 2. The molecule has 1 aromatic carbocycles. The van der Waals surface area contributed by atoms with Crippen molar-refractivity contribution in [2.45, 2.75) is 18.6 Å². The topological polar surface area (TPSA) is 93.1 Å². The van der Waals surface area contributed by atoms with E-state index >= 15 is 0 Å². The molecule has 102 valence electrons. The second-order valence-electron chi connectivity index (χ2n) is 4.19. The summed E-state index contributed by atoms with van der Waals surface area (Å²) < 4.78 is 9.65. The Hall–Kier alpha value is -1.92. The van der Waals surface area contributed by atoms with Crippen LogP contribution in [-0.2, 0) is 9.53 Å². The molecule has 1 heterocycles. The number of rotatable bonds is 3. The first kappa shape index (κ1) is 13.5. The molecule has 2 rings (SSSR count). The summed E-state index contributed by atoms with van der Waals surface area (Å²) in [6, 6.07) is 4.46. The summed E-state index contributed by atoms with van der Waals surface area (Å²) in [7, 11) is 1.11. The van der Waals surface area contributed by atoms with Gasteiger partial charge in [-0.3, -0.25) is 4.79 Å². The SMILES string of the molecule is COC(=O)C(O)C(O)c1ccc2c(c1)C(=O)CCO2. The van der Waals surface area contributed by atoms with E-state index in [-0.39, 0.29) is 17.8 Å². The van der Waals surface area contributed by atoms with E-state index < -0.39 is 18.2 Å². The molecule has 0 aromatic heterocycles. The lowest BCUT2D eigenvalue weighted by Crippen LogP contribution is -2.29. The molecule has 1 aliphatic rings. The van der Waals surface area contributed by atoms with Gasteiger partial charge in [-0.05, 0) is 17.7 Å². The van der Waals surface area contributed by atoms with Gasteiger partial charge >= 0.3 is 5.97 Å². The fourth-order valence-corrected chi connectivity index (χ4v) is 1.90. The van der Waals surface area contributed by atoms with Crippen LogP contribution in [0.5, 0.6) is 5.75 Å². The average molecular weight is 266 g/mol. The molecule has 0 aliphatic carbocycles. The molecule has 0 radical (unpaired) electrons. The fourth-order valence-electron chi connectivity index (χ4n) is 1.90. The molecule has 19 heavy (non-hydrogen) atoms. The highest BCUT2D eigenvalue weighted by molar-refractivity contribution is 5.99. The first-order chi connectivity index (χ1) is 9.04. The number of ether oxygens (including phenoxy) is 2. The van der Waals surface area contributed by atoms with Gasteiger partial charge in [0, 0.05) is 6.42 Å². The Morgan fingerprint density at radius 2 is 2.16 bits per heavy atom. The Kier molecular flexibility index (Phi) is 3.82. The summed E-state index contributed by atoms with van der Waals surface area (Å²) >= 11 is 0. The second-order valence-corrected chi connectivity index (χ2v) is 4.19. The molecule has 6 heteroatoms. The number of Topliss-reactive ketones (excluding diaryl/α,β-unsaturated/α-hetero) is 1. The van der Waals surface area contributed by atoms with Crippen molar-refractivity contribution < 1.29 is 29.3 Å². The summed E-state index contributed by atoms with van der Waals surface area (Å²) in [6.45, 7) is 0.332. The average Bonchev–Trinajstić information content (AvgIpc) is 2.45. The molecule has 1 aromatic rings. The molecular formula is C13H14O6. The van der Waals surface area contributed by atoms with Crippen LogP contribution in [0.4, 0.5) is 0 Å². The predicted molar refractivity (Wildman–Crippen MR) is 63.9 cm³/mol. The summed E-state index contributed by atoms with van der Waals surface area (Å²) in [6.07, 6.45) is -2.87. The number of aliphatic hydroxyl groups excluding tert-OH is 2. The molecule has 0 amide bonds. The number of hydrogen-bond acceptors (Lipinski definition) is 6. The van der Waals surface area contributed by atoms with Crippen molar-refractivity contribution in [3.63, 3.8) is 0 Å². The number of benzene rings is 1. The lowest BCUT2D eigenvalue weighted by molar-refractivity contribution is -0.156. The lowest BCUT2D eigenvalue weighted by Gasteiger charge is -2.20. The number of ketones is 1. The molecule has 1 aliphatic heterocycles. The van der Waals surface area contributed by atoms with E-state index in [1.165, 1.54) is 18.2 Å². The maximum Gasteiger partial charge on any atom is 0.337 e. The van der Waals surface area contributed by atoms with Crippen molar-refractivity contribution in [3.05, 3.63) is 29.3 Å². The third-order valence-electron chi connectivity index (χ3n) is 2.97. The van der Waals surface area contributed by atoms with Gasteiger partial charge in [0.25, 0.3) is 0 Å². The highest BCUT2D eigenvalue weighted by atomic mass is 16.5. The van der Waals surface area contributed by atoms with Crippen LogP contribution in [0.15, 0.2) is 18.2 Å². The summed E-state index contributed by atoms with van der Waals surface area (Å²) in [5, 5.41) is 19.4. The first-order valence-corrected chi connectivity index (χ1v) is 5.78. The van der Waals surface area contributed by atoms with Gasteiger partial charge in [0.15, 0.2) is 11.9 Å². The molecule has 0 saturated heterocycles. The van der Waals surface area contributed by atoms with E-state index in [1.807, 2.05) is 0 Å². The van der Waals surface area contributed by atoms with Crippen molar-refractivity contribution in [3.8, 4) is 5.75 Å². The molecular weight excluding hydrogens is 252 g/mol. The molecule has 0 bridgehead atoms. The quantitative estimate of drug-likeness (QED) is 0.760. The van der Waals surface area contributed by atoms with Gasteiger partial charge < -0.3 is 19.7 Å². The van der Waals surface area contributed by atoms with Crippen LogP contribution in [0.1, 0.15) is 28.4 Å². The van der Waals surface area contributed by atoms with E-state index in [0.29, 0.717) is 17.9 Å². The van der Waals surface area contributed by atoms with Crippen LogP contribution in [0, 0.1) is 0 Å². The normalized spacial score (nSPS) is 17.1. The lowest BCUT2D eigenvalue weighted by atomic mass is 9.97. The summed E-state index contributed by atoms with van der Waals surface area (Å²) in [5.41, 5.74) is 0.607. The monoisotopic (exact) mass is 266 g/mol. The molecule has 0 fully saturated rings. The van der Waals surface area contributed by atoms with Crippen LogP contribution in [0.2, 0.25) is 0 Å². The zero-order valence-electron chi connectivity index (χ0n) is 10.3. The maximum atomic E-state index is 11.7. The Bertz CT molecular complexity index is 510. The van der Waals surface area contributed by atoms with E-state index in [4.69, 9.17) is 4.74 Å². The van der Waals surface area contributed by atoms with E-state index in [1.54, 1.807) is 0 Å². The summed E-state index contributed by atoms with van der Waals surface area (Å²) in [5.74, 6) is -0.588.